The molecule has 1 fully saturated rings. The van der Waals surface area contributed by atoms with Gasteiger partial charge < -0.3 is 5.11 Å². The highest BCUT2D eigenvalue weighted by Gasteiger charge is 2.30. The summed E-state index contributed by atoms with van der Waals surface area (Å²) in [5, 5.41) is 9.00. The minimum absolute atomic E-state index is 0.00295. The standard InChI is InChI=1S/C12H15NO4S/c1-8(12(14)15)10-4-2-3-5-11(10)18(16,17)13-9-6-7-9/h2-5,8-9,13H,6-7H2,1H3,(H,14,15). The Bertz CT molecular complexity index is 563. The lowest BCUT2D eigenvalue weighted by Crippen LogP contribution is -2.27. The summed E-state index contributed by atoms with van der Waals surface area (Å²) in [6.45, 7) is 1.48. The van der Waals surface area contributed by atoms with Crippen LogP contribution in [0, 0.1) is 0 Å². The molecule has 2 rings (SSSR count). The summed E-state index contributed by atoms with van der Waals surface area (Å²) in [4.78, 5) is 11.1. The Morgan fingerprint density at radius 2 is 2.00 bits per heavy atom. The van der Waals surface area contributed by atoms with E-state index < -0.39 is 21.9 Å². The molecule has 0 radical (unpaired) electrons. The molecule has 0 heterocycles. The summed E-state index contributed by atoms with van der Waals surface area (Å²) in [5.74, 6) is -1.89. The molecule has 1 aromatic carbocycles. The third-order valence-corrected chi connectivity index (χ3v) is 4.54. The molecule has 0 bridgehead atoms. The fourth-order valence-electron chi connectivity index (χ4n) is 1.70. The van der Waals surface area contributed by atoms with Crippen molar-refractivity contribution in [1.29, 1.82) is 0 Å². The first kappa shape index (κ1) is 13.0. The van der Waals surface area contributed by atoms with Crippen LogP contribution in [0.4, 0.5) is 0 Å². The van der Waals surface area contributed by atoms with Crippen molar-refractivity contribution >= 4 is 16.0 Å². The molecule has 18 heavy (non-hydrogen) atoms. The maximum absolute atomic E-state index is 12.1. The van der Waals surface area contributed by atoms with Crippen molar-refractivity contribution in [3.63, 3.8) is 0 Å². The number of carboxylic acids is 1. The number of hydrogen-bond acceptors (Lipinski definition) is 3. The Balaban J connectivity index is 2.40. The van der Waals surface area contributed by atoms with Crippen molar-refractivity contribution in [2.24, 2.45) is 0 Å². The highest BCUT2D eigenvalue weighted by molar-refractivity contribution is 7.89. The van der Waals surface area contributed by atoms with E-state index in [4.69, 9.17) is 5.11 Å². The Morgan fingerprint density at radius 3 is 2.56 bits per heavy atom. The third kappa shape index (κ3) is 2.70. The van der Waals surface area contributed by atoms with E-state index in [1.165, 1.54) is 13.0 Å². The first-order chi connectivity index (χ1) is 8.42. The normalized spacial score (nSPS) is 17.4. The molecule has 1 atom stereocenters. The summed E-state index contributed by atoms with van der Waals surface area (Å²) >= 11 is 0. The molecule has 1 unspecified atom stereocenters. The summed E-state index contributed by atoms with van der Waals surface area (Å²) < 4.78 is 26.8. The van der Waals surface area contributed by atoms with Crippen molar-refractivity contribution in [3.8, 4) is 0 Å². The van der Waals surface area contributed by atoms with E-state index in [1.54, 1.807) is 18.2 Å². The van der Waals surface area contributed by atoms with E-state index in [1.807, 2.05) is 0 Å². The molecule has 6 heteroatoms. The van der Waals surface area contributed by atoms with E-state index >= 15 is 0 Å². The maximum atomic E-state index is 12.1. The lowest BCUT2D eigenvalue weighted by Gasteiger charge is -2.13. The number of rotatable bonds is 5. The van der Waals surface area contributed by atoms with Gasteiger partial charge in [0.05, 0.1) is 10.8 Å². The van der Waals surface area contributed by atoms with Crippen molar-refractivity contribution < 1.29 is 18.3 Å². The van der Waals surface area contributed by atoms with Gasteiger partial charge in [0.25, 0.3) is 0 Å². The predicted octanol–water partition coefficient (Wildman–Crippen LogP) is 1.32. The molecule has 1 saturated carbocycles. The van der Waals surface area contributed by atoms with Gasteiger partial charge in [-0.15, -0.1) is 0 Å². The third-order valence-electron chi connectivity index (χ3n) is 2.94. The maximum Gasteiger partial charge on any atom is 0.310 e. The molecule has 0 saturated heterocycles. The first-order valence-electron chi connectivity index (χ1n) is 5.76. The smallest absolute Gasteiger partial charge is 0.310 e. The van der Waals surface area contributed by atoms with Crippen LogP contribution in [0.1, 0.15) is 31.2 Å². The van der Waals surface area contributed by atoms with E-state index in [0.29, 0.717) is 5.56 Å². The van der Waals surface area contributed by atoms with Crippen LogP contribution in [0.25, 0.3) is 0 Å². The molecule has 5 nitrogen and oxygen atoms in total. The second-order valence-electron chi connectivity index (χ2n) is 4.49. The molecular formula is C12H15NO4S. The Kier molecular flexibility index (Phi) is 3.41. The zero-order valence-electron chi connectivity index (χ0n) is 9.96. The fraction of sp³-hybridized carbons (Fsp3) is 0.417. The van der Waals surface area contributed by atoms with Gasteiger partial charge in [-0.25, -0.2) is 13.1 Å². The van der Waals surface area contributed by atoms with Crippen molar-refractivity contribution in [2.45, 2.75) is 36.6 Å². The quantitative estimate of drug-likeness (QED) is 0.844. The molecule has 98 valence electrons. The van der Waals surface area contributed by atoms with E-state index in [2.05, 4.69) is 4.72 Å². The Labute approximate surface area is 106 Å². The summed E-state index contributed by atoms with van der Waals surface area (Å²) in [5.41, 5.74) is 0.318. The molecule has 0 aromatic heterocycles. The molecular weight excluding hydrogens is 254 g/mol. The zero-order chi connectivity index (χ0) is 13.3. The molecule has 0 spiro atoms. The number of benzene rings is 1. The van der Waals surface area contributed by atoms with Gasteiger partial charge in [0, 0.05) is 6.04 Å². The number of carbonyl (C=O) groups is 1. The van der Waals surface area contributed by atoms with E-state index in [9.17, 15) is 13.2 Å². The van der Waals surface area contributed by atoms with Crippen molar-refractivity contribution in [3.05, 3.63) is 29.8 Å². The van der Waals surface area contributed by atoms with Crippen LogP contribution >= 0.6 is 0 Å². The van der Waals surface area contributed by atoms with Gasteiger partial charge in [-0.05, 0) is 31.4 Å². The zero-order valence-corrected chi connectivity index (χ0v) is 10.8. The largest absolute Gasteiger partial charge is 0.481 e. The fourth-order valence-corrected chi connectivity index (χ4v) is 3.31. The molecule has 1 aliphatic carbocycles. The Hall–Kier alpha value is -1.40. The minimum atomic E-state index is -3.62. The van der Waals surface area contributed by atoms with Crippen molar-refractivity contribution in [1.82, 2.24) is 4.72 Å². The molecule has 2 N–H and O–H groups in total. The average Bonchev–Trinajstić information content (AvgIpc) is 3.11. The second kappa shape index (κ2) is 4.70. The number of nitrogens with one attached hydrogen (secondary N) is 1. The topological polar surface area (TPSA) is 83.5 Å². The predicted molar refractivity (Wildman–Crippen MR) is 65.8 cm³/mol. The number of sulfonamides is 1. The van der Waals surface area contributed by atoms with Gasteiger partial charge >= 0.3 is 5.97 Å². The molecule has 1 aromatic rings. The number of aliphatic carboxylic acids is 1. The Morgan fingerprint density at radius 1 is 1.39 bits per heavy atom. The van der Waals surface area contributed by atoms with Gasteiger partial charge in [0.2, 0.25) is 10.0 Å². The van der Waals surface area contributed by atoms with Gasteiger partial charge in [-0.1, -0.05) is 18.2 Å². The van der Waals surface area contributed by atoms with Gasteiger partial charge in [-0.3, -0.25) is 4.79 Å². The first-order valence-corrected chi connectivity index (χ1v) is 7.24. The molecule has 0 amide bonds. The number of carboxylic acid groups (broad SMARTS) is 1. The van der Waals surface area contributed by atoms with Gasteiger partial charge in [0.15, 0.2) is 0 Å². The van der Waals surface area contributed by atoms with Gasteiger partial charge in [-0.2, -0.15) is 0 Å². The van der Waals surface area contributed by atoms with E-state index in [0.717, 1.165) is 12.8 Å². The van der Waals surface area contributed by atoms with Crippen LogP contribution in [0.5, 0.6) is 0 Å². The summed E-state index contributed by atoms with van der Waals surface area (Å²) in [6, 6.07) is 6.23. The minimum Gasteiger partial charge on any atom is -0.481 e. The number of hydrogen-bond donors (Lipinski definition) is 2. The van der Waals surface area contributed by atoms with Crippen LogP contribution in [-0.4, -0.2) is 25.5 Å². The van der Waals surface area contributed by atoms with Crippen LogP contribution in [-0.2, 0) is 14.8 Å². The highest BCUT2D eigenvalue weighted by atomic mass is 32.2. The second-order valence-corrected chi connectivity index (χ2v) is 6.18. The SMILES string of the molecule is CC(C(=O)O)c1ccccc1S(=O)(=O)NC1CC1. The van der Waals surface area contributed by atoms with Gasteiger partial charge in [0.1, 0.15) is 0 Å². The summed E-state index contributed by atoms with van der Waals surface area (Å²) in [7, 11) is -3.62. The summed E-state index contributed by atoms with van der Waals surface area (Å²) in [6.07, 6.45) is 1.69. The van der Waals surface area contributed by atoms with Crippen LogP contribution in [0.2, 0.25) is 0 Å². The van der Waals surface area contributed by atoms with Crippen LogP contribution in [0.3, 0.4) is 0 Å². The van der Waals surface area contributed by atoms with Crippen molar-refractivity contribution in [2.75, 3.05) is 0 Å². The highest BCUT2D eigenvalue weighted by Crippen LogP contribution is 2.27. The monoisotopic (exact) mass is 269 g/mol. The molecule has 1 aliphatic rings. The van der Waals surface area contributed by atoms with E-state index in [-0.39, 0.29) is 10.9 Å². The lowest BCUT2D eigenvalue weighted by molar-refractivity contribution is -0.138. The molecule has 0 aliphatic heterocycles. The lowest BCUT2D eigenvalue weighted by atomic mass is 10.0. The van der Waals surface area contributed by atoms with Crippen LogP contribution in [0.15, 0.2) is 29.2 Å². The van der Waals surface area contributed by atoms with Crippen LogP contribution < -0.4 is 4.72 Å². The average molecular weight is 269 g/mol.